The van der Waals surface area contributed by atoms with Crippen molar-refractivity contribution in [1.82, 2.24) is 0 Å². The van der Waals surface area contributed by atoms with Crippen LogP contribution in [0.3, 0.4) is 0 Å². The van der Waals surface area contributed by atoms with Crippen LogP contribution in [0.15, 0.2) is 134 Å². The fourth-order valence-corrected chi connectivity index (χ4v) is 7.60. The maximum absolute atomic E-state index is 12.8. The molecule has 68 heavy (non-hydrogen) atoms. The maximum atomic E-state index is 12.8. The van der Waals surface area contributed by atoms with E-state index < -0.39 is 63.1 Å². The van der Waals surface area contributed by atoms with E-state index in [1.807, 2.05) is 12.2 Å². The van der Waals surface area contributed by atoms with E-state index in [9.17, 15) is 39.8 Å². The van der Waals surface area contributed by atoms with Crippen molar-refractivity contribution in [2.24, 2.45) is 0 Å². The molecule has 13 heteroatoms. The lowest BCUT2D eigenvalue weighted by Crippen LogP contribution is -2.64. The zero-order chi connectivity index (χ0) is 49.8. The third kappa shape index (κ3) is 34.7. The number of rotatable bonds is 40. The Morgan fingerprint density at radius 2 is 0.824 bits per heavy atom. The molecule has 0 spiro atoms. The first-order valence-corrected chi connectivity index (χ1v) is 26.5. The Bertz CT molecular complexity index is 1620. The summed E-state index contributed by atoms with van der Waals surface area (Å²) in [7, 11) is -5.06. The second-order valence-corrected chi connectivity index (χ2v) is 18.0. The van der Waals surface area contributed by atoms with Gasteiger partial charge in [0.2, 0.25) is 0 Å². The van der Waals surface area contributed by atoms with Gasteiger partial charge in [0.1, 0.15) is 42.7 Å². The number of phosphoric ester groups is 1. The summed E-state index contributed by atoms with van der Waals surface area (Å²) in [5.41, 5.74) is 0. The Labute approximate surface area is 409 Å². The SMILES string of the molecule is CC/C=C\C/C=C\C/C=C\C/C=C\C/C=C\C/C=C\C/C=C\CCCC(=O)OC(COCCCCCCC/C=C\C/C=C\C/C=C\C/C=C\CC)COP(=O)(O)OC1C(O)C(O)C(O)C(O)C1O. The van der Waals surface area contributed by atoms with Crippen molar-refractivity contribution in [2.75, 3.05) is 19.8 Å². The molecular weight excluding hydrogens is 884 g/mol. The molecule has 0 aromatic carbocycles. The zero-order valence-electron chi connectivity index (χ0n) is 41.1. The molecular formula is C55H87O12P. The minimum absolute atomic E-state index is 0.0908. The molecule has 6 unspecified atom stereocenters. The van der Waals surface area contributed by atoms with E-state index in [1.54, 1.807) is 0 Å². The Morgan fingerprint density at radius 1 is 0.471 bits per heavy atom. The minimum atomic E-state index is -5.06. The summed E-state index contributed by atoms with van der Waals surface area (Å²) in [6, 6.07) is 0. The number of esters is 1. The molecule has 0 amide bonds. The Morgan fingerprint density at radius 3 is 1.25 bits per heavy atom. The Hall–Kier alpha value is -3.52. The topological polar surface area (TPSA) is 192 Å². The number of ether oxygens (including phenoxy) is 2. The Balaban J connectivity index is 2.44. The van der Waals surface area contributed by atoms with Crippen LogP contribution in [-0.4, -0.2) is 98.9 Å². The van der Waals surface area contributed by atoms with Gasteiger partial charge in [-0.2, -0.15) is 0 Å². The van der Waals surface area contributed by atoms with Crippen molar-refractivity contribution in [3.05, 3.63) is 134 Å². The Kier molecular flexibility index (Phi) is 40.0. The van der Waals surface area contributed by atoms with Crippen LogP contribution in [0.5, 0.6) is 0 Å². The molecule has 0 radical (unpaired) electrons. The summed E-state index contributed by atoms with van der Waals surface area (Å²) in [6.07, 6.45) is 52.3. The lowest BCUT2D eigenvalue weighted by atomic mass is 9.85. The van der Waals surface area contributed by atoms with Gasteiger partial charge in [-0.3, -0.25) is 13.8 Å². The molecule has 1 fully saturated rings. The van der Waals surface area contributed by atoms with Crippen LogP contribution in [0.2, 0.25) is 0 Å². The van der Waals surface area contributed by atoms with Gasteiger partial charge < -0.3 is 39.9 Å². The molecule has 0 aliphatic heterocycles. The summed E-state index contributed by atoms with van der Waals surface area (Å²) >= 11 is 0. The van der Waals surface area contributed by atoms with E-state index in [0.29, 0.717) is 19.4 Å². The number of aliphatic hydroxyl groups is 5. The van der Waals surface area contributed by atoms with Crippen molar-refractivity contribution < 1.29 is 58.3 Å². The average Bonchev–Trinajstić information content (AvgIpc) is 3.32. The highest BCUT2D eigenvalue weighted by atomic mass is 31.2. The van der Waals surface area contributed by atoms with Gasteiger partial charge in [-0.1, -0.05) is 167 Å². The first kappa shape index (κ1) is 62.5. The third-order valence-electron chi connectivity index (χ3n) is 10.5. The van der Waals surface area contributed by atoms with Crippen LogP contribution in [-0.2, 0) is 27.9 Å². The number of hydrogen-bond acceptors (Lipinski definition) is 11. The first-order valence-electron chi connectivity index (χ1n) is 25.0. The van der Waals surface area contributed by atoms with Crippen LogP contribution < -0.4 is 0 Å². The lowest BCUT2D eigenvalue weighted by Gasteiger charge is -2.41. The summed E-state index contributed by atoms with van der Waals surface area (Å²) in [5, 5.41) is 50.3. The van der Waals surface area contributed by atoms with Crippen LogP contribution in [0, 0.1) is 0 Å². The molecule has 0 aromatic heterocycles. The first-order chi connectivity index (χ1) is 33.0. The highest BCUT2D eigenvalue weighted by Crippen LogP contribution is 2.47. The van der Waals surface area contributed by atoms with Crippen molar-refractivity contribution in [3.8, 4) is 0 Å². The molecule has 6 atom stereocenters. The van der Waals surface area contributed by atoms with Gasteiger partial charge in [0.15, 0.2) is 0 Å². The largest absolute Gasteiger partial charge is 0.472 e. The number of carbonyl (C=O) groups is 1. The van der Waals surface area contributed by atoms with Gasteiger partial charge in [0, 0.05) is 13.0 Å². The number of carbonyl (C=O) groups excluding carboxylic acids is 1. The lowest BCUT2D eigenvalue weighted by molar-refractivity contribution is -0.220. The summed E-state index contributed by atoms with van der Waals surface area (Å²) < 4.78 is 34.2. The number of allylic oxidation sites excluding steroid dienone is 22. The molecule has 12 nitrogen and oxygen atoms in total. The monoisotopic (exact) mass is 971 g/mol. The number of unbranched alkanes of at least 4 members (excludes halogenated alkanes) is 6. The van der Waals surface area contributed by atoms with Crippen molar-refractivity contribution in [3.63, 3.8) is 0 Å². The number of aliphatic hydroxyl groups excluding tert-OH is 5. The van der Waals surface area contributed by atoms with Crippen LogP contribution in [0.1, 0.15) is 142 Å². The summed E-state index contributed by atoms with van der Waals surface area (Å²) in [4.78, 5) is 23.2. The second kappa shape index (κ2) is 43.5. The van der Waals surface area contributed by atoms with Gasteiger partial charge in [0.05, 0.1) is 13.2 Å². The van der Waals surface area contributed by atoms with Crippen LogP contribution in [0.25, 0.3) is 0 Å². The minimum Gasteiger partial charge on any atom is -0.457 e. The van der Waals surface area contributed by atoms with Gasteiger partial charge >= 0.3 is 13.8 Å². The predicted molar refractivity (Wildman–Crippen MR) is 276 cm³/mol. The average molecular weight is 971 g/mol. The van der Waals surface area contributed by atoms with Crippen molar-refractivity contribution in [1.29, 1.82) is 0 Å². The summed E-state index contributed by atoms with van der Waals surface area (Å²) in [5.74, 6) is -0.548. The smallest absolute Gasteiger partial charge is 0.457 e. The molecule has 1 rings (SSSR count). The molecule has 0 bridgehead atoms. The second-order valence-electron chi connectivity index (χ2n) is 16.5. The molecule has 0 saturated heterocycles. The van der Waals surface area contributed by atoms with Gasteiger partial charge in [-0.05, 0) is 103 Å². The van der Waals surface area contributed by atoms with E-state index in [-0.39, 0.29) is 13.0 Å². The maximum Gasteiger partial charge on any atom is 0.472 e. The zero-order valence-corrected chi connectivity index (χ0v) is 42.0. The van der Waals surface area contributed by atoms with E-state index in [0.717, 1.165) is 109 Å². The van der Waals surface area contributed by atoms with E-state index >= 15 is 0 Å². The fourth-order valence-electron chi connectivity index (χ4n) is 6.63. The highest BCUT2D eigenvalue weighted by Gasteiger charge is 2.51. The summed E-state index contributed by atoms with van der Waals surface area (Å²) in [6.45, 7) is 3.91. The standard InChI is InChI=1S/C55H87O12P/c1-3-5-7-9-11-13-15-17-19-21-23-24-25-26-27-28-30-32-34-36-38-40-42-44-49(56)66-48(47-65-68(62,63)67-55-53(60)51(58)50(57)52(59)54(55)61)46-64-45-43-41-39-37-35-33-31-29-22-20-18-16-14-12-10-8-6-4-2/h5-8,11-14,17-20,23-24,26-27,29-32,36,38,48,50-55,57-61H,3-4,9-10,15-16,21-22,25,28,33-35,37,39-47H2,1-2H3,(H,62,63)/b7-5-,8-6-,13-11-,14-12-,19-17-,20-18-,24-23-,27-26-,31-29-,32-30-,38-36-. The molecule has 0 heterocycles. The normalized spacial score (nSPS) is 22.3. The molecule has 0 aromatic rings. The van der Waals surface area contributed by atoms with E-state index in [2.05, 4.69) is 135 Å². The van der Waals surface area contributed by atoms with Gasteiger partial charge in [-0.15, -0.1) is 0 Å². The van der Waals surface area contributed by atoms with Gasteiger partial charge in [-0.25, -0.2) is 4.57 Å². The number of hydrogen-bond donors (Lipinski definition) is 6. The van der Waals surface area contributed by atoms with E-state index in [4.69, 9.17) is 18.5 Å². The molecule has 384 valence electrons. The van der Waals surface area contributed by atoms with Crippen molar-refractivity contribution >= 4 is 13.8 Å². The fraction of sp³-hybridized carbons (Fsp3) is 0.582. The van der Waals surface area contributed by atoms with Crippen LogP contribution in [0.4, 0.5) is 0 Å². The van der Waals surface area contributed by atoms with E-state index in [1.165, 1.54) is 0 Å². The van der Waals surface area contributed by atoms with Crippen LogP contribution >= 0.6 is 7.82 Å². The van der Waals surface area contributed by atoms with Gasteiger partial charge in [0.25, 0.3) is 0 Å². The molecule has 1 aliphatic rings. The van der Waals surface area contributed by atoms with Crippen molar-refractivity contribution in [2.45, 2.75) is 185 Å². The highest BCUT2D eigenvalue weighted by molar-refractivity contribution is 7.47. The molecule has 1 saturated carbocycles. The third-order valence-corrected chi connectivity index (χ3v) is 11.5. The molecule has 1 aliphatic carbocycles. The number of phosphoric acid groups is 1. The predicted octanol–water partition coefficient (Wildman–Crippen LogP) is 11.2. The molecule has 6 N–H and O–H groups in total. The quantitative estimate of drug-likeness (QED) is 0.0148.